The molecule has 6 nitrogen and oxygen atoms in total. The van der Waals surface area contributed by atoms with E-state index in [1.165, 1.54) is 0 Å². The summed E-state index contributed by atoms with van der Waals surface area (Å²) in [6.45, 7) is 8.46. The molecule has 1 aliphatic rings. The highest BCUT2D eigenvalue weighted by molar-refractivity contribution is 6.30. The van der Waals surface area contributed by atoms with Crippen LogP contribution in [0.5, 0.6) is 0 Å². The number of piperazine rings is 1. The zero-order valence-electron chi connectivity index (χ0n) is 21.7. The predicted molar refractivity (Wildman–Crippen MR) is 148 cm³/mol. The monoisotopic (exact) mass is 519 g/mol. The first kappa shape index (κ1) is 26.7. The van der Waals surface area contributed by atoms with Crippen molar-refractivity contribution in [3.8, 4) is 0 Å². The number of fused-ring (bicyclic) bond motifs is 1. The first-order chi connectivity index (χ1) is 17.7. The lowest BCUT2D eigenvalue weighted by Crippen LogP contribution is -2.55. The van der Waals surface area contributed by atoms with Crippen LogP contribution in [0.15, 0.2) is 66.7 Å². The van der Waals surface area contributed by atoms with Crippen molar-refractivity contribution in [3.63, 3.8) is 0 Å². The first-order valence-electron chi connectivity index (χ1n) is 12.9. The van der Waals surface area contributed by atoms with Crippen LogP contribution >= 0.6 is 11.6 Å². The van der Waals surface area contributed by atoms with Crippen molar-refractivity contribution in [3.05, 3.63) is 82.9 Å². The molecule has 1 heterocycles. The van der Waals surface area contributed by atoms with Crippen LogP contribution in [-0.4, -0.2) is 71.2 Å². The van der Waals surface area contributed by atoms with Gasteiger partial charge in [0.05, 0.1) is 0 Å². The van der Waals surface area contributed by atoms with Gasteiger partial charge in [0, 0.05) is 61.3 Å². The van der Waals surface area contributed by atoms with Crippen molar-refractivity contribution in [2.45, 2.75) is 33.2 Å². The van der Waals surface area contributed by atoms with Crippen molar-refractivity contribution in [1.82, 2.24) is 14.7 Å². The van der Waals surface area contributed by atoms with Gasteiger partial charge in [0.1, 0.15) is 0 Å². The normalized spacial score (nSPS) is 15.8. The Morgan fingerprint density at radius 1 is 0.973 bits per heavy atom. The number of nitrogens with zero attached hydrogens (tertiary/aromatic N) is 3. The Hall–Kier alpha value is -3.38. The van der Waals surface area contributed by atoms with Crippen molar-refractivity contribution in [2.75, 3.05) is 32.7 Å². The molecule has 3 aromatic carbocycles. The van der Waals surface area contributed by atoms with E-state index < -0.39 is 0 Å². The van der Waals surface area contributed by atoms with Gasteiger partial charge in [-0.2, -0.15) is 0 Å². The summed E-state index contributed by atoms with van der Waals surface area (Å²) in [5.74, 6) is 0.173. The molecule has 0 aliphatic carbocycles. The number of rotatable bonds is 7. The van der Waals surface area contributed by atoms with Gasteiger partial charge in [-0.15, -0.1) is 0 Å². The van der Waals surface area contributed by atoms with Crippen molar-refractivity contribution in [2.24, 2.45) is 5.92 Å². The molecule has 3 aromatic rings. The number of amides is 3. The summed E-state index contributed by atoms with van der Waals surface area (Å²) in [5.41, 5.74) is 1.25. The molecule has 0 saturated carbocycles. The lowest BCUT2D eigenvalue weighted by atomic mass is 10.0. The Kier molecular flexibility index (Phi) is 8.49. The maximum Gasteiger partial charge on any atom is 0.254 e. The van der Waals surface area contributed by atoms with Crippen molar-refractivity contribution >= 4 is 40.1 Å². The summed E-state index contributed by atoms with van der Waals surface area (Å²) in [7, 11) is 0. The van der Waals surface area contributed by atoms with Gasteiger partial charge in [-0.05, 0) is 53.9 Å². The van der Waals surface area contributed by atoms with Crippen LogP contribution in [0, 0.1) is 5.92 Å². The Morgan fingerprint density at radius 3 is 2.38 bits per heavy atom. The number of carbonyl (C=O) groups is 3. The number of carbonyl (C=O) groups excluding carboxylic acids is 3. The lowest BCUT2D eigenvalue weighted by molar-refractivity contribution is -0.133. The fraction of sp³-hybridized carbons (Fsp3) is 0.367. The molecular weight excluding hydrogens is 486 g/mol. The number of hydrogen-bond acceptors (Lipinski definition) is 3. The average molecular weight is 520 g/mol. The quantitative estimate of drug-likeness (QED) is 0.422. The first-order valence-corrected chi connectivity index (χ1v) is 13.2. The minimum atomic E-state index is -0.107. The summed E-state index contributed by atoms with van der Waals surface area (Å²) < 4.78 is 0. The Labute approximate surface area is 223 Å². The average Bonchev–Trinajstić information content (AvgIpc) is 2.90. The molecule has 1 saturated heterocycles. The third-order valence-electron chi connectivity index (χ3n) is 6.82. The van der Waals surface area contributed by atoms with Gasteiger partial charge in [0.15, 0.2) is 0 Å². The molecule has 1 fully saturated rings. The molecular formula is C30H34ClN3O3. The number of halogens is 1. The van der Waals surface area contributed by atoms with E-state index in [0.29, 0.717) is 48.9 Å². The fourth-order valence-electron chi connectivity index (χ4n) is 4.93. The maximum atomic E-state index is 13.6. The van der Waals surface area contributed by atoms with Crippen LogP contribution in [0.4, 0.5) is 0 Å². The smallest absolute Gasteiger partial charge is 0.254 e. The third kappa shape index (κ3) is 6.31. The molecule has 0 spiro atoms. The molecule has 1 aliphatic heterocycles. The van der Waals surface area contributed by atoms with E-state index in [2.05, 4.69) is 13.8 Å². The lowest BCUT2D eigenvalue weighted by Gasteiger charge is -2.40. The van der Waals surface area contributed by atoms with Gasteiger partial charge in [-0.1, -0.05) is 61.8 Å². The predicted octanol–water partition coefficient (Wildman–Crippen LogP) is 5.35. The number of hydrogen-bond donors (Lipinski definition) is 0. The van der Waals surface area contributed by atoms with Crippen LogP contribution in [-0.2, 0) is 4.79 Å². The Bertz CT molecular complexity index is 1270. The summed E-state index contributed by atoms with van der Waals surface area (Å²) in [5, 5.41) is 2.53. The van der Waals surface area contributed by atoms with Crippen LogP contribution in [0.25, 0.3) is 10.8 Å². The second-order valence-electron chi connectivity index (χ2n) is 10.1. The molecule has 0 N–H and O–H groups in total. The highest BCUT2D eigenvalue weighted by Crippen LogP contribution is 2.21. The zero-order chi connectivity index (χ0) is 26.5. The second-order valence-corrected chi connectivity index (χ2v) is 10.6. The fourth-order valence-corrected chi connectivity index (χ4v) is 5.06. The van der Waals surface area contributed by atoms with Crippen molar-refractivity contribution < 1.29 is 14.4 Å². The summed E-state index contributed by atoms with van der Waals surface area (Å²) in [6.07, 6.45) is 0.251. The molecule has 37 heavy (non-hydrogen) atoms. The summed E-state index contributed by atoms with van der Waals surface area (Å²) in [4.78, 5) is 45.1. The van der Waals surface area contributed by atoms with E-state index in [9.17, 15) is 14.4 Å². The van der Waals surface area contributed by atoms with Gasteiger partial charge in [0.2, 0.25) is 5.91 Å². The van der Waals surface area contributed by atoms with Crippen LogP contribution in [0.1, 0.15) is 47.9 Å². The minimum absolute atomic E-state index is 0.00455. The van der Waals surface area contributed by atoms with Crippen molar-refractivity contribution in [1.29, 1.82) is 0 Å². The SMILES string of the molecule is CC(C)CN(CCC(=O)N1CCN(C(=O)c2ccc(Cl)cc2)C(C)C1)C(=O)c1cccc2ccccc12. The van der Waals surface area contributed by atoms with E-state index in [0.717, 1.165) is 10.8 Å². The molecule has 0 aromatic heterocycles. The topological polar surface area (TPSA) is 60.9 Å². The van der Waals surface area contributed by atoms with Gasteiger partial charge in [0.25, 0.3) is 11.8 Å². The van der Waals surface area contributed by atoms with E-state index in [4.69, 9.17) is 11.6 Å². The van der Waals surface area contributed by atoms with E-state index in [1.54, 1.807) is 29.2 Å². The summed E-state index contributed by atoms with van der Waals surface area (Å²) >= 11 is 5.95. The zero-order valence-corrected chi connectivity index (χ0v) is 22.4. The van der Waals surface area contributed by atoms with Crippen LogP contribution in [0.3, 0.4) is 0 Å². The Morgan fingerprint density at radius 2 is 1.68 bits per heavy atom. The molecule has 0 bridgehead atoms. The van der Waals surface area contributed by atoms with Gasteiger partial charge in [-0.3, -0.25) is 14.4 Å². The van der Waals surface area contributed by atoms with E-state index in [-0.39, 0.29) is 36.1 Å². The highest BCUT2D eigenvalue weighted by Gasteiger charge is 2.30. The maximum absolute atomic E-state index is 13.6. The van der Waals surface area contributed by atoms with E-state index >= 15 is 0 Å². The Balaban J connectivity index is 1.39. The standard InChI is InChI=1S/C30H34ClN3O3/c1-21(2)19-33(30(37)27-10-6-8-23-7-4-5-9-26(23)27)16-15-28(35)32-17-18-34(22(3)20-32)29(36)24-11-13-25(31)14-12-24/h4-14,21-22H,15-20H2,1-3H3. The molecule has 194 valence electrons. The minimum Gasteiger partial charge on any atom is -0.339 e. The highest BCUT2D eigenvalue weighted by atomic mass is 35.5. The largest absolute Gasteiger partial charge is 0.339 e. The molecule has 1 atom stereocenters. The van der Waals surface area contributed by atoms with E-state index in [1.807, 2.05) is 59.2 Å². The van der Waals surface area contributed by atoms with Crippen LogP contribution < -0.4 is 0 Å². The summed E-state index contributed by atoms with van der Waals surface area (Å²) in [6, 6.07) is 20.4. The van der Waals surface area contributed by atoms with Crippen LogP contribution in [0.2, 0.25) is 5.02 Å². The molecule has 1 unspecified atom stereocenters. The second kappa shape index (κ2) is 11.8. The number of benzene rings is 3. The molecule has 0 radical (unpaired) electrons. The molecule has 3 amide bonds. The third-order valence-corrected chi connectivity index (χ3v) is 7.07. The molecule has 4 rings (SSSR count). The van der Waals surface area contributed by atoms with Gasteiger partial charge in [-0.25, -0.2) is 0 Å². The van der Waals surface area contributed by atoms with Gasteiger partial charge < -0.3 is 14.7 Å². The van der Waals surface area contributed by atoms with Gasteiger partial charge >= 0.3 is 0 Å². The molecule has 7 heteroatoms.